The zero-order valence-electron chi connectivity index (χ0n) is 18.0. The van der Waals surface area contributed by atoms with Crippen LogP contribution in [0.4, 0.5) is 0 Å². The van der Waals surface area contributed by atoms with Crippen LogP contribution in [-0.2, 0) is 16.1 Å². The molecule has 0 aromatic heterocycles. The summed E-state index contributed by atoms with van der Waals surface area (Å²) < 4.78 is 5.78. The fourth-order valence-electron chi connectivity index (χ4n) is 4.80. The summed E-state index contributed by atoms with van der Waals surface area (Å²) in [6.45, 7) is 10.5. The molecule has 156 valence electrons. The molecule has 1 saturated carbocycles. The van der Waals surface area contributed by atoms with Crippen molar-refractivity contribution >= 4 is 5.91 Å². The Bertz CT molecular complexity index is 655. The van der Waals surface area contributed by atoms with Crippen molar-refractivity contribution in [3.8, 4) is 0 Å². The van der Waals surface area contributed by atoms with Crippen LogP contribution in [0.1, 0.15) is 45.6 Å². The van der Waals surface area contributed by atoms with E-state index in [4.69, 9.17) is 10.5 Å². The number of nitrogens with zero attached hydrogens (tertiary/aromatic N) is 2. The summed E-state index contributed by atoms with van der Waals surface area (Å²) in [4.78, 5) is 17.6. The van der Waals surface area contributed by atoms with Gasteiger partial charge in [-0.05, 0) is 38.3 Å². The van der Waals surface area contributed by atoms with Gasteiger partial charge in [0.15, 0.2) is 0 Å². The molecule has 3 rings (SSSR count). The average Bonchev–Trinajstić information content (AvgIpc) is 2.68. The van der Waals surface area contributed by atoms with Gasteiger partial charge in [-0.25, -0.2) is 0 Å². The standard InChI is InChI=1S/C23H37N3O2/c1-5-28-20-15-23(24,22(20,2)3)21(27)26-13-11-19(12-14-26)17-25(4)16-18-9-7-6-8-10-18/h6-10,19-20H,5,11-17,24H2,1-4H3. The number of rotatable bonds is 7. The van der Waals surface area contributed by atoms with Gasteiger partial charge in [0.1, 0.15) is 5.54 Å². The van der Waals surface area contributed by atoms with Crippen molar-refractivity contribution in [3.05, 3.63) is 35.9 Å². The molecule has 2 fully saturated rings. The van der Waals surface area contributed by atoms with E-state index in [2.05, 4.69) is 56.1 Å². The predicted octanol–water partition coefficient (Wildman–Crippen LogP) is 2.89. The molecule has 28 heavy (non-hydrogen) atoms. The smallest absolute Gasteiger partial charge is 0.243 e. The van der Waals surface area contributed by atoms with Crippen LogP contribution < -0.4 is 5.73 Å². The molecule has 1 aromatic rings. The Morgan fingerprint density at radius 3 is 2.46 bits per heavy atom. The highest BCUT2D eigenvalue weighted by Gasteiger charge is 2.63. The molecule has 1 aliphatic carbocycles. The van der Waals surface area contributed by atoms with Gasteiger partial charge >= 0.3 is 0 Å². The molecule has 0 bridgehead atoms. The van der Waals surface area contributed by atoms with E-state index in [1.54, 1.807) is 0 Å². The normalized spacial score (nSPS) is 27.6. The fourth-order valence-corrected chi connectivity index (χ4v) is 4.80. The molecule has 1 aromatic carbocycles. The number of benzene rings is 1. The first-order valence-electron chi connectivity index (χ1n) is 10.7. The third-order valence-electron chi connectivity index (χ3n) is 6.98. The zero-order valence-corrected chi connectivity index (χ0v) is 18.0. The van der Waals surface area contributed by atoms with Gasteiger partial charge in [0, 0.05) is 44.6 Å². The van der Waals surface area contributed by atoms with Crippen molar-refractivity contribution in [2.75, 3.05) is 33.3 Å². The molecule has 1 amide bonds. The zero-order chi connectivity index (χ0) is 20.4. The maximum Gasteiger partial charge on any atom is 0.243 e. The summed E-state index contributed by atoms with van der Waals surface area (Å²) in [5.74, 6) is 0.751. The van der Waals surface area contributed by atoms with Crippen molar-refractivity contribution in [1.29, 1.82) is 0 Å². The van der Waals surface area contributed by atoms with Gasteiger partial charge in [0.25, 0.3) is 0 Å². The van der Waals surface area contributed by atoms with Crippen molar-refractivity contribution in [2.45, 2.75) is 58.2 Å². The van der Waals surface area contributed by atoms with Crippen LogP contribution in [0.15, 0.2) is 30.3 Å². The monoisotopic (exact) mass is 387 g/mol. The highest BCUT2D eigenvalue weighted by Crippen LogP contribution is 2.50. The van der Waals surface area contributed by atoms with Crippen molar-refractivity contribution in [1.82, 2.24) is 9.80 Å². The molecule has 2 N–H and O–H groups in total. The molecule has 2 atom stereocenters. The van der Waals surface area contributed by atoms with Crippen LogP contribution in [0.3, 0.4) is 0 Å². The summed E-state index contributed by atoms with van der Waals surface area (Å²) in [7, 11) is 2.18. The Hall–Kier alpha value is -1.43. The SMILES string of the molecule is CCOC1CC(N)(C(=O)N2CCC(CN(C)Cc3ccccc3)CC2)C1(C)C. The molecule has 2 aliphatic rings. The Morgan fingerprint density at radius 1 is 1.25 bits per heavy atom. The minimum atomic E-state index is -0.788. The van der Waals surface area contributed by atoms with E-state index in [9.17, 15) is 4.79 Å². The van der Waals surface area contributed by atoms with E-state index in [1.165, 1.54) is 5.56 Å². The Morgan fingerprint density at radius 2 is 1.89 bits per heavy atom. The first kappa shape index (κ1) is 21.3. The van der Waals surface area contributed by atoms with E-state index < -0.39 is 5.54 Å². The summed E-state index contributed by atoms with van der Waals surface area (Å²) in [6, 6.07) is 10.6. The molecule has 1 saturated heterocycles. The van der Waals surface area contributed by atoms with Gasteiger partial charge < -0.3 is 20.3 Å². The molecule has 1 heterocycles. The molecular formula is C23H37N3O2. The minimum Gasteiger partial charge on any atom is -0.378 e. The summed E-state index contributed by atoms with van der Waals surface area (Å²) >= 11 is 0. The third kappa shape index (κ3) is 4.12. The Kier molecular flexibility index (Phi) is 6.47. The van der Waals surface area contributed by atoms with Crippen LogP contribution in [0.5, 0.6) is 0 Å². The van der Waals surface area contributed by atoms with Crippen molar-refractivity contribution < 1.29 is 9.53 Å². The van der Waals surface area contributed by atoms with Gasteiger partial charge in [0.2, 0.25) is 5.91 Å². The molecule has 2 unspecified atom stereocenters. The number of hydrogen-bond acceptors (Lipinski definition) is 4. The van der Waals surface area contributed by atoms with Crippen LogP contribution in [-0.4, -0.2) is 60.6 Å². The largest absolute Gasteiger partial charge is 0.378 e. The van der Waals surface area contributed by atoms with E-state index in [0.29, 0.717) is 18.9 Å². The second-order valence-electron chi connectivity index (χ2n) is 9.26. The average molecular weight is 388 g/mol. The number of amides is 1. The predicted molar refractivity (Wildman–Crippen MR) is 113 cm³/mol. The first-order chi connectivity index (χ1) is 13.3. The van der Waals surface area contributed by atoms with Crippen molar-refractivity contribution in [2.24, 2.45) is 17.1 Å². The second-order valence-corrected chi connectivity index (χ2v) is 9.26. The summed E-state index contributed by atoms with van der Waals surface area (Å²) in [5, 5.41) is 0. The van der Waals surface area contributed by atoms with E-state index in [0.717, 1.165) is 39.0 Å². The van der Waals surface area contributed by atoms with Gasteiger partial charge in [-0.15, -0.1) is 0 Å². The molecule has 1 aliphatic heterocycles. The number of carbonyl (C=O) groups excluding carboxylic acids is 1. The minimum absolute atomic E-state index is 0.0793. The lowest BCUT2D eigenvalue weighted by Crippen LogP contribution is -2.76. The van der Waals surface area contributed by atoms with E-state index >= 15 is 0 Å². The highest BCUT2D eigenvalue weighted by atomic mass is 16.5. The number of likely N-dealkylation sites (tertiary alicyclic amines) is 1. The third-order valence-corrected chi connectivity index (χ3v) is 6.98. The van der Waals surface area contributed by atoms with Gasteiger partial charge in [-0.2, -0.15) is 0 Å². The summed E-state index contributed by atoms with van der Waals surface area (Å²) in [5.41, 5.74) is 6.84. The maximum atomic E-state index is 13.2. The van der Waals surface area contributed by atoms with E-state index in [-0.39, 0.29) is 17.4 Å². The number of carbonyl (C=O) groups is 1. The first-order valence-corrected chi connectivity index (χ1v) is 10.7. The van der Waals surface area contributed by atoms with Crippen molar-refractivity contribution in [3.63, 3.8) is 0 Å². The number of piperidine rings is 1. The Balaban J connectivity index is 1.48. The highest BCUT2D eigenvalue weighted by molar-refractivity contribution is 5.89. The molecule has 0 spiro atoms. The van der Waals surface area contributed by atoms with Crippen LogP contribution in [0, 0.1) is 11.3 Å². The lowest BCUT2D eigenvalue weighted by molar-refractivity contribution is -0.180. The lowest BCUT2D eigenvalue weighted by atomic mass is 9.54. The maximum absolute atomic E-state index is 13.2. The van der Waals surface area contributed by atoms with Gasteiger partial charge in [-0.3, -0.25) is 4.79 Å². The molecular weight excluding hydrogens is 350 g/mol. The summed E-state index contributed by atoms with van der Waals surface area (Å²) in [6.07, 6.45) is 2.81. The number of nitrogens with two attached hydrogens (primary N) is 1. The Labute approximate surface area is 170 Å². The molecule has 5 heteroatoms. The topological polar surface area (TPSA) is 58.8 Å². The fraction of sp³-hybridized carbons (Fsp3) is 0.696. The lowest BCUT2D eigenvalue weighted by Gasteiger charge is -2.59. The number of hydrogen-bond donors (Lipinski definition) is 1. The van der Waals surface area contributed by atoms with Crippen LogP contribution in [0.25, 0.3) is 0 Å². The molecule has 5 nitrogen and oxygen atoms in total. The quantitative estimate of drug-likeness (QED) is 0.782. The second kappa shape index (κ2) is 8.52. The van der Waals surface area contributed by atoms with Crippen LogP contribution >= 0.6 is 0 Å². The van der Waals surface area contributed by atoms with Gasteiger partial charge in [-0.1, -0.05) is 44.2 Å². The number of ether oxygens (including phenoxy) is 1. The van der Waals surface area contributed by atoms with E-state index in [1.807, 2.05) is 11.8 Å². The van der Waals surface area contributed by atoms with Crippen LogP contribution in [0.2, 0.25) is 0 Å². The molecule has 0 radical (unpaired) electrons. The van der Waals surface area contributed by atoms with Gasteiger partial charge in [0.05, 0.1) is 6.10 Å².